The van der Waals surface area contributed by atoms with E-state index in [9.17, 15) is 14.7 Å². The number of benzene rings is 1. The third-order valence-corrected chi connectivity index (χ3v) is 10.0. The number of hydrogen-bond donors (Lipinski definition) is 1. The summed E-state index contributed by atoms with van der Waals surface area (Å²) in [5, 5.41) is 10.8. The first-order valence-corrected chi connectivity index (χ1v) is 16.0. The number of fused-ring (bicyclic) bond motifs is 1. The lowest BCUT2D eigenvalue weighted by molar-refractivity contribution is -0.165. The molecule has 3 saturated heterocycles. The van der Waals surface area contributed by atoms with Gasteiger partial charge in [0, 0.05) is 12.1 Å². The molecular formula is C36H52N2O6. The predicted octanol–water partition coefficient (Wildman–Crippen LogP) is 5.47. The number of nitrogens with zero attached hydrogens (tertiary/aromatic N) is 2. The molecule has 1 N–H and O–H groups in total. The molecule has 0 saturated carbocycles. The Labute approximate surface area is 263 Å². The number of likely N-dealkylation sites (tertiary alicyclic amines) is 1. The van der Waals surface area contributed by atoms with E-state index < -0.39 is 53.2 Å². The molecule has 3 heterocycles. The summed E-state index contributed by atoms with van der Waals surface area (Å²) < 4.78 is 12.7. The zero-order valence-corrected chi connectivity index (χ0v) is 27.7. The minimum absolute atomic E-state index is 0.0857. The van der Waals surface area contributed by atoms with Crippen LogP contribution in [0, 0.1) is 23.2 Å². The van der Waals surface area contributed by atoms with E-state index in [-0.39, 0.29) is 36.3 Å². The fourth-order valence-electron chi connectivity index (χ4n) is 8.48. The third kappa shape index (κ3) is 5.76. The highest BCUT2D eigenvalue weighted by Gasteiger charge is 2.81. The van der Waals surface area contributed by atoms with Gasteiger partial charge >= 0.3 is 5.97 Å². The molecule has 8 nitrogen and oxygen atoms in total. The molecule has 44 heavy (non-hydrogen) atoms. The monoisotopic (exact) mass is 608 g/mol. The molecular weight excluding hydrogens is 556 g/mol. The molecule has 2 amide bonds. The Morgan fingerprint density at radius 2 is 1.84 bits per heavy atom. The molecule has 3 unspecified atom stereocenters. The normalized spacial score (nSPS) is 30.2. The van der Waals surface area contributed by atoms with Gasteiger partial charge in [-0.3, -0.25) is 14.4 Å². The molecule has 1 aromatic rings. The van der Waals surface area contributed by atoms with Crippen LogP contribution in [0.5, 0.6) is 0 Å². The lowest BCUT2D eigenvalue weighted by Crippen LogP contribution is -2.61. The van der Waals surface area contributed by atoms with E-state index in [4.69, 9.17) is 9.47 Å². The van der Waals surface area contributed by atoms with Crippen molar-refractivity contribution in [3.63, 3.8) is 0 Å². The topological polar surface area (TPSA) is 96.4 Å². The van der Waals surface area contributed by atoms with Crippen molar-refractivity contribution >= 4 is 17.8 Å². The fourth-order valence-corrected chi connectivity index (χ4v) is 8.48. The predicted molar refractivity (Wildman–Crippen MR) is 170 cm³/mol. The number of carbonyl (C=O) groups excluding carboxylic acids is 3. The van der Waals surface area contributed by atoms with Crippen LogP contribution in [0.25, 0.3) is 0 Å². The Balaban J connectivity index is 1.87. The summed E-state index contributed by atoms with van der Waals surface area (Å²) in [6, 6.07) is 7.40. The van der Waals surface area contributed by atoms with Gasteiger partial charge in [0.1, 0.15) is 17.6 Å². The van der Waals surface area contributed by atoms with Gasteiger partial charge in [0.15, 0.2) is 0 Å². The van der Waals surface area contributed by atoms with Crippen molar-refractivity contribution in [2.75, 3.05) is 19.8 Å². The number of carbonyl (C=O) groups is 3. The van der Waals surface area contributed by atoms with E-state index in [0.717, 1.165) is 0 Å². The maximum Gasteiger partial charge on any atom is 0.312 e. The summed E-state index contributed by atoms with van der Waals surface area (Å²) >= 11 is 0. The molecule has 2 bridgehead atoms. The molecule has 0 radical (unpaired) electrons. The summed E-state index contributed by atoms with van der Waals surface area (Å²) in [4.78, 5) is 47.1. The molecule has 3 fully saturated rings. The van der Waals surface area contributed by atoms with Crippen LogP contribution >= 0.6 is 0 Å². The fraction of sp³-hybridized carbons (Fsp3) is 0.639. The summed E-state index contributed by atoms with van der Waals surface area (Å²) in [6.45, 7) is 22.2. The second kappa shape index (κ2) is 12.4. The van der Waals surface area contributed by atoms with Gasteiger partial charge in [-0.05, 0) is 63.4 Å². The van der Waals surface area contributed by atoms with Gasteiger partial charge in [-0.1, -0.05) is 70.2 Å². The van der Waals surface area contributed by atoms with Crippen LogP contribution < -0.4 is 0 Å². The van der Waals surface area contributed by atoms with Crippen LogP contribution in [-0.2, 0) is 23.9 Å². The number of rotatable bonds is 13. The molecule has 3 aliphatic rings. The summed E-state index contributed by atoms with van der Waals surface area (Å²) in [5.74, 6) is -3.02. The second-order valence-electron chi connectivity index (χ2n) is 14.9. The minimum atomic E-state index is -1.26. The number of aliphatic hydroxyl groups is 1. The van der Waals surface area contributed by atoms with E-state index in [2.05, 4.69) is 33.9 Å². The average Bonchev–Trinajstić information content (AvgIpc) is 3.46. The molecule has 3 aliphatic heterocycles. The smallest absolute Gasteiger partial charge is 0.312 e. The minimum Gasteiger partial charge on any atom is -0.465 e. The number of unbranched alkanes of at least 4 members (excludes halogenated alkanes) is 1. The van der Waals surface area contributed by atoms with Crippen molar-refractivity contribution in [3.05, 3.63) is 61.2 Å². The maximum absolute atomic E-state index is 15.1. The van der Waals surface area contributed by atoms with Gasteiger partial charge in [0.05, 0.1) is 30.8 Å². The number of ether oxygens (including phenoxy) is 2. The van der Waals surface area contributed by atoms with Crippen LogP contribution in [0.1, 0.15) is 85.8 Å². The van der Waals surface area contributed by atoms with E-state index >= 15 is 4.79 Å². The summed E-state index contributed by atoms with van der Waals surface area (Å²) in [6.07, 6.45) is 5.95. The van der Waals surface area contributed by atoms with E-state index in [1.165, 1.54) is 4.90 Å². The van der Waals surface area contributed by atoms with Crippen LogP contribution in [0.4, 0.5) is 0 Å². The lowest BCUT2D eigenvalue weighted by Gasteiger charge is -2.46. The van der Waals surface area contributed by atoms with Crippen molar-refractivity contribution < 1.29 is 29.0 Å². The first kappa shape index (κ1) is 33.9. The zero-order chi connectivity index (χ0) is 32.7. The Morgan fingerprint density at radius 3 is 2.41 bits per heavy atom. The first-order valence-electron chi connectivity index (χ1n) is 16.0. The highest BCUT2D eigenvalue weighted by molar-refractivity contribution is 5.99. The number of hydrogen-bond acceptors (Lipinski definition) is 6. The molecule has 242 valence electrons. The zero-order valence-electron chi connectivity index (χ0n) is 27.7. The van der Waals surface area contributed by atoms with E-state index in [0.29, 0.717) is 31.2 Å². The Kier molecular flexibility index (Phi) is 9.58. The summed E-state index contributed by atoms with van der Waals surface area (Å²) in [7, 11) is 0. The largest absolute Gasteiger partial charge is 0.465 e. The molecule has 7 atom stereocenters. The molecule has 0 aromatic heterocycles. The van der Waals surface area contributed by atoms with Crippen molar-refractivity contribution in [2.24, 2.45) is 23.2 Å². The highest BCUT2D eigenvalue weighted by atomic mass is 16.6. The van der Waals surface area contributed by atoms with Gasteiger partial charge in [0.2, 0.25) is 11.8 Å². The van der Waals surface area contributed by atoms with Crippen LogP contribution in [0.15, 0.2) is 55.6 Å². The molecule has 1 aromatic carbocycles. The van der Waals surface area contributed by atoms with Gasteiger partial charge in [-0.15, -0.1) is 13.2 Å². The lowest BCUT2D eigenvalue weighted by atomic mass is 9.62. The summed E-state index contributed by atoms with van der Waals surface area (Å²) in [5.41, 5.74) is -2.21. The molecule has 4 rings (SSSR count). The Morgan fingerprint density at radius 1 is 1.18 bits per heavy atom. The van der Waals surface area contributed by atoms with Crippen LogP contribution in [0.2, 0.25) is 0 Å². The van der Waals surface area contributed by atoms with E-state index in [1.54, 1.807) is 17.1 Å². The molecule has 0 aliphatic carbocycles. The van der Waals surface area contributed by atoms with Crippen molar-refractivity contribution in [1.82, 2.24) is 9.80 Å². The Hall–Kier alpha value is -2.97. The number of allylic oxidation sites excluding steroid dienone is 1. The highest BCUT2D eigenvalue weighted by Crippen LogP contribution is 2.66. The average molecular weight is 609 g/mol. The van der Waals surface area contributed by atoms with Gasteiger partial charge < -0.3 is 24.4 Å². The van der Waals surface area contributed by atoms with Gasteiger partial charge in [-0.25, -0.2) is 0 Å². The Bertz CT molecular complexity index is 1250. The standard InChI is InChI=1S/C36H52N2O6/c1-10-12-16-20-43-32(42)28-27-30(40)38(26(22-39)25-17-14-13-15-18-25)29(36(27)21-24(3)35(28,9)44-36)31(41)37(19-11-2)34(7,8)23-33(4,5)6/h10-11,13-15,17-18,24,26-29,39H,1-2,12,16,19-23H2,3-9H3/t24?,26-,27+,28-,29?,35+,36?/m1/s1. The molecule has 8 heteroatoms. The van der Waals surface area contributed by atoms with E-state index in [1.807, 2.05) is 58.0 Å². The number of esters is 1. The second-order valence-corrected chi connectivity index (χ2v) is 14.9. The quantitative estimate of drug-likeness (QED) is 0.181. The van der Waals surface area contributed by atoms with Crippen LogP contribution in [-0.4, -0.2) is 75.2 Å². The van der Waals surface area contributed by atoms with Gasteiger partial charge in [-0.2, -0.15) is 0 Å². The number of aliphatic hydroxyl groups excluding tert-OH is 1. The molecule has 1 spiro atoms. The SMILES string of the molecule is C=CCCCOC(=O)[C@H]1[C@H]2C(=O)N([C@H](CO)c3ccccc3)C(C(=O)N(CC=C)C(C)(C)CC(C)(C)C)C23CC(C)[C@]1(C)O3. The number of amides is 2. The van der Waals surface area contributed by atoms with Crippen LogP contribution in [0.3, 0.4) is 0 Å². The third-order valence-electron chi connectivity index (χ3n) is 10.0. The van der Waals surface area contributed by atoms with Gasteiger partial charge in [0.25, 0.3) is 0 Å². The van der Waals surface area contributed by atoms with Crippen molar-refractivity contribution in [2.45, 2.75) is 103 Å². The van der Waals surface area contributed by atoms with Crippen molar-refractivity contribution in [1.29, 1.82) is 0 Å². The van der Waals surface area contributed by atoms with Crippen molar-refractivity contribution in [3.8, 4) is 0 Å². The first-order chi connectivity index (χ1) is 20.6. The maximum atomic E-state index is 15.1.